The van der Waals surface area contributed by atoms with E-state index in [4.69, 9.17) is 0 Å². The second-order valence-electron chi connectivity index (χ2n) is 7.92. The molecule has 0 saturated carbocycles. The first-order chi connectivity index (χ1) is 10.3. The highest BCUT2D eigenvalue weighted by Gasteiger charge is 2.39. The zero-order valence-corrected chi connectivity index (χ0v) is 16.0. The van der Waals surface area contributed by atoms with Gasteiger partial charge in [0.2, 0.25) is 10.0 Å². The Morgan fingerprint density at radius 2 is 1.54 bits per heavy atom. The molecule has 10 heteroatoms. The maximum Gasteiger partial charge on any atom is 0.404 e. The third kappa shape index (κ3) is 9.31. The summed E-state index contributed by atoms with van der Waals surface area (Å²) < 4.78 is 61.4. The van der Waals surface area contributed by atoms with E-state index in [9.17, 15) is 26.4 Å². The van der Waals surface area contributed by atoms with Crippen molar-refractivity contribution < 1.29 is 26.4 Å². The largest absolute Gasteiger partial charge is 0.404 e. The summed E-state index contributed by atoms with van der Waals surface area (Å²) in [5.74, 6) is -1.93. The number of carbonyl (C=O) groups excluding carboxylic acids is 1. The molecule has 2 N–H and O–H groups in total. The number of rotatable bonds is 5. The lowest BCUT2D eigenvalue weighted by Crippen LogP contribution is -2.56. The Morgan fingerprint density at radius 1 is 1.08 bits per heavy atom. The minimum absolute atomic E-state index is 0.264. The van der Waals surface area contributed by atoms with Gasteiger partial charge >= 0.3 is 12.2 Å². The van der Waals surface area contributed by atoms with Crippen LogP contribution in [0.4, 0.5) is 18.0 Å². The molecule has 0 aromatic heterocycles. The highest BCUT2D eigenvalue weighted by Crippen LogP contribution is 2.23. The average molecular weight is 375 g/mol. The monoisotopic (exact) mass is 375 g/mol. The molecule has 6 nitrogen and oxygen atoms in total. The fourth-order valence-corrected chi connectivity index (χ4v) is 2.77. The van der Waals surface area contributed by atoms with Crippen molar-refractivity contribution in [1.29, 1.82) is 0 Å². The van der Waals surface area contributed by atoms with E-state index in [1.807, 2.05) is 0 Å². The number of sulfonamides is 1. The van der Waals surface area contributed by atoms with Crippen LogP contribution in [0.3, 0.4) is 0 Å². The van der Waals surface area contributed by atoms with Crippen molar-refractivity contribution in [2.75, 3.05) is 19.3 Å². The van der Waals surface area contributed by atoms with Gasteiger partial charge in [-0.1, -0.05) is 20.8 Å². The van der Waals surface area contributed by atoms with Crippen molar-refractivity contribution in [3.05, 3.63) is 0 Å². The molecule has 0 saturated heterocycles. The highest BCUT2D eigenvalue weighted by atomic mass is 32.2. The van der Waals surface area contributed by atoms with Crippen LogP contribution in [0.5, 0.6) is 0 Å². The lowest BCUT2D eigenvalue weighted by atomic mass is 9.86. The predicted molar refractivity (Wildman–Crippen MR) is 87.1 cm³/mol. The lowest BCUT2D eigenvalue weighted by Gasteiger charge is -2.35. The van der Waals surface area contributed by atoms with Gasteiger partial charge in [0.05, 0.1) is 0 Å². The summed E-state index contributed by atoms with van der Waals surface area (Å²) in [7, 11) is -3.44. The van der Waals surface area contributed by atoms with Crippen LogP contribution in [-0.2, 0) is 10.0 Å². The Balaban J connectivity index is 5.15. The quantitative estimate of drug-likeness (QED) is 0.774. The van der Waals surface area contributed by atoms with E-state index < -0.39 is 45.0 Å². The molecule has 1 unspecified atom stereocenters. The van der Waals surface area contributed by atoms with E-state index in [1.54, 1.807) is 41.5 Å². The van der Waals surface area contributed by atoms with Gasteiger partial charge in [-0.3, -0.25) is 0 Å². The summed E-state index contributed by atoms with van der Waals surface area (Å²) in [5.41, 5.74) is -1.06. The number of carbonyl (C=O) groups is 1. The van der Waals surface area contributed by atoms with Gasteiger partial charge in [0, 0.05) is 25.2 Å². The van der Waals surface area contributed by atoms with Crippen LogP contribution >= 0.6 is 0 Å². The van der Waals surface area contributed by atoms with Crippen molar-refractivity contribution >= 4 is 16.1 Å². The van der Waals surface area contributed by atoms with Crippen LogP contribution in [0.15, 0.2) is 0 Å². The first kappa shape index (κ1) is 23.0. The minimum atomic E-state index is -4.82. The molecular weight excluding hydrogens is 347 g/mol. The van der Waals surface area contributed by atoms with E-state index in [1.165, 1.54) is 0 Å². The number of halogens is 3. The van der Waals surface area contributed by atoms with Crippen LogP contribution in [0.2, 0.25) is 0 Å². The summed E-state index contributed by atoms with van der Waals surface area (Å²) in [6, 6.07) is -1.18. The number of hydrogen-bond donors (Lipinski definition) is 2. The molecule has 0 bridgehead atoms. The van der Waals surface area contributed by atoms with Gasteiger partial charge in [-0.25, -0.2) is 17.5 Å². The molecule has 0 aromatic carbocycles. The molecule has 0 aliphatic rings. The first-order valence-electron chi connectivity index (χ1n) is 7.43. The molecule has 144 valence electrons. The van der Waals surface area contributed by atoms with Crippen molar-refractivity contribution in [2.24, 2.45) is 5.41 Å². The van der Waals surface area contributed by atoms with Crippen LogP contribution < -0.4 is 10.6 Å². The van der Waals surface area contributed by atoms with E-state index in [2.05, 4.69) is 10.6 Å². The summed E-state index contributed by atoms with van der Waals surface area (Å²) in [5, 5.41) is 5.32. The zero-order chi connectivity index (χ0) is 19.6. The van der Waals surface area contributed by atoms with Crippen molar-refractivity contribution in [3.63, 3.8) is 0 Å². The third-order valence-electron chi connectivity index (χ3n) is 3.10. The Morgan fingerprint density at radius 3 is 1.88 bits per heavy atom. The molecule has 0 aromatic rings. The van der Waals surface area contributed by atoms with Crippen LogP contribution in [0.1, 0.15) is 41.5 Å². The summed E-state index contributed by atoms with van der Waals surface area (Å²) in [4.78, 5) is 12.0. The summed E-state index contributed by atoms with van der Waals surface area (Å²) in [6.07, 6.45) is -4.82. The normalized spacial score (nSPS) is 15.3. The molecule has 0 rings (SSSR count). The summed E-state index contributed by atoms with van der Waals surface area (Å²) >= 11 is 0. The van der Waals surface area contributed by atoms with Crippen LogP contribution in [-0.4, -0.2) is 55.9 Å². The smallest absolute Gasteiger partial charge is 0.334 e. The van der Waals surface area contributed by atoms with Crippen LogP contribution in [0.25, 0.3) is 0 Å². The number of nitrogens with one attached hydrogen (secondary N) is 2. The van der Waals surface area contributed by atoms with E-state index in [-0.39, 0.29) is 6.54 Å². The predicted octanol–water partition coefficient (Wildman–Crippen LogP) is 2.32. The van der Waals surface area contributed by atoms with Gasteiger partial charge in [0.15, 0.2) is 5.75 Å². The van der Waals surface area contributed by atoms with Gasteiger partial charge in [-0.15, -0.1) is 0 Å². The number of likely N-dealkylation sites (N-methyl/N-ethyl adjacent to an activating group) is 1. The van der Waals surface area contributed by atoms with Crippen molar-refractivity contribution in [1.82, 2.24) is 14.9 Å². The standard InChI is InChI=1S/C14H28F3N3O3S/c1-12(2,3)10(18-11(21)19-13(4,5)6)8-20(7)24(22,23)9-14(15,16)17/h10H,8-9H2,1-7H3,(H2,18,19,21). The molecule has 0 aliphatic heterocycles. The van der Waals surface area contributed by atoms with E-state index in [0.717, 1.165) is 7.05 Å². The third-order valence-corrected chi connectivity index (χ3v) is 4.89. The molecule has 24 heavy (non-hydrogen) atoms. The molecule has 2 amide bonds. The molecule has 0 spiro atoms. The average Bonchev–Trinajstić information content (AvgIpc) is 2.20. The highest BCUT2D eigenvalue weighted by molar-refractivity contribution is 7.89. The fraction of sp³-hybridized carbons (Fsp3) is 0.929. The van der Waals surface area contributed by atoms with Crippen molar-refractivity contribution in [3.8, 4) is 0 Å². The molecule has 0 aliphatic carbocycles. The Labute approximate surface area is 142 Å². The number of amides is 2. The van der Waals surface area contributed by atoms with Gasteiger partial charge in [0.25, 0.3) is 0 Å². The topological polar surface area (TPSA) is 78.5 Å². The second-order valence-corrected chi connectivity index (χ2v) is 9.99. The fourth-order valence-electron chi connectivity index (χ4n) is 1.76. The van der Waals surface area contributed by atoms with E-state index >= 15 is 0 Å². The molecule has 0 radical (unpaired) electrons. The number of alkyl halides is 3. The Bertz CT molecular complexity index is 534. The maximum absolute atomic E-state index is 12.4. The number of nitrogens with zero attached hydrogens (tertiary/aromatic N) is 1. The molecule has 0 fully saturated rings. The van der Waals surface area contributed by atoms with Crippen molar-refractivity contribution in [2.45, 2.75) is 59.3 Å². The Kier molecular flexibility index (Phi) is 7.15. The van der Waals surface area contributed by atoms with Gasteiger partial charge < -0.3 is 10.6 Å². The minimum Gasteiger partial charge on any atom is -0.334 e. The SMILES string of the molecule is CN(CC(NC(=O)NC(C)(C)C)C(C)(C)C)S(=O)(=O)CC(F)(F)F. The van der Waals surface area contributed by atoms with Gasteiger partial charge in [-0.05, 0) is 26.2 Å². The zero-order valence-electron chi connectivity index (χ0n) is 15.2. The maximum atomic E-state index is 12.4. The first-order valence-corrected chi connectivity index (χ1v) is 9.04. The number of hydrogen-bond acceptors (Lipinski definition) is 3. The van der Waals surface area contributed by atoms with Gasteiger partial charge in [-0.2, -0.15) is 13.2 Å². The Hall–Kier alpha value is -1.03. The molecule has 0 heterocycles. The number of urea groups is 1. The van der Waals surface area contributed by atoms with Gasteiger partial charge in [0.1, 0.15) is 0 Å². The molecular formula is C14H28F3N3O3S. The van der Waals surface area contributed by atoms with Crippen LogP contribution in [0, 0.1) is 5.41 Å². The summed E-state index contributed by atoms with van der Waals surface area (Å²) in [6.45, 7) is 10.4. The van der Waals surface area contributed by atoms with E-state index in [0.29, 0.717) is 4.31 Å². The molecule has 1 atom stereocenters. The lowest BCUT2D eigenvalue weighted by molar-refractivity contribution is -0.107. The second kappa shape index (κ2) is 7.47.